The van der Waals surface area contributed by atoms with Crippen molar-refractivity contribution >= 4 is 5.97 Å². The molecule has 2 N–H and O–H groups in total. The summed E-state index contributed by atoms with van der Waals surface area (Å²) in [6.07, 6.45) is 5.76. The van der Waals surface area contributed by atoms with Gasteiger partial charge in [0.25, 0.3) is 0 Å². The van der Waals surface area contributed by atoms with E-state index < -0.39 is 12.0 Å². The van der Waals surface area contributed by atoms with Crippen LogP contribution < -0.4 is 10.1 Å². The highest BCUT2D eigenvalue weighted by Crippen LogP contribution is 2.32. The number of carboxylic acids is 1. The first-order valence-electron chi connectivity index (χ1n) is 7.81. The summed E-state index contributed by atoms with van der Waals surface area (Å²) in [5.74, 6) is 0.124. The molecule has 0 spiro atoms. The minimum absolute atomic E-state index is 0.137. The van der Waals surface area contributed by atoms with Crippen molar-refractivity contribution in [3.8, 4) is 5.75 Å². The Kier molecular flexibility index (Phi) is 5.62. The molecular formula is C17H25NO3. The van der Waals surface area contributed by atoms with Crippen molar-refractivity contribution in [2.75, 3.05) is 7.11 Å². The van der Waals surface area contributed by atoms with Crippen LogP contribution in [0.25, 0.3) is 0 Å². The van der Waals surface area contributed by atoms with Crippen LogP contribution in [0.3, 0.4) is 0 Å². The Morgan fingerprint density at radius 3 is 3.00 bits per heavy atom. The van der Waals surface area contributed by atoms with E-state index in [1.54, 1.807) is 7.11 Å². The second kappa shape index (κ2) is 7.46. The molecule has 0 radical (unpaired) electrons. The number of fused-ring (bicyclic) bond motifs is 1. The number of methoxy groups -OCH3 is 1. The molecule has 1 aliphatic rings. The topological polar surface area (TPSA) is 58.6 Å². The van der Waals surface area contributed by atoms with E-state index in [1.165, 1.54) is 11.1 Å². The third-order valence-electron chi connectivity index (χ3n) is 4.21. The van der Waals surface area contributed by atoms with Gasteiger partial charge < -0.3 is 9.84 Å². The number of hydrogen-bond donors (Lipinski definition) is 2. The molecule has 0 saturated carbocycles. The average Bonchev–Trinajstić information content (AvgIpc) is 2.50. The van der Waals surface area contributed by atoms with Crippen LogP contribution in [0.5, 0.6) is 5.75 Å². The summed E-state index contributed by atoms with van der Waals surface area (Å²) in [4.78, 5) is 11.4. The summed E-state index contributed by atoms with van der Waals surface area (Å²) in [6, 6.07) is 5.79. The lowest BCUT2D eigenvalue weighted by Gasteiger charge is -2.29. The third kappa shape index (κ3) is 3.97. The number of carbonyl (C=O) groups is 1. The molecule has 0 heterocycles. The van der Waals surface area contributed by atoms with Gasteiger partial charge in [0.05, 0.1) is 7.11 Å². The van der Waals surface area contributed by atoms with Gasteiger partial charge in [-0.25, -0.2) is 0 Å². The number of ether oxygens (including phenoxy) is 1. The van der Waals surface area contributed by atoms with Crippen LogP contribution in [0, 0.1) is 0 Å². The maximum absolute atomic E-state index is 11.4. The summed E-state index contributed by atoms with van der Waals surface area (Å²) in [7, 11) is 1.67. The molecule has 1 aromatic rings. The highest BCUT2D eigenvalue weighted by Gasteiger charge is 2.26. The van der Waals surface area contributed by atoms with Crippen LogP contribution in [0.4, 0.5) is 0 Å². The molecule has 4 heteroatoms. The molecule has 2 atom stereocenters. The molecule has 0 amide bonds. The smallest absolute Gasteiger partial charge is 0.320 e. The van der Waals surface area contributed by atoms with Gasteiger partial charge in [0.15, 0.2) is 0 Å². The second-order valence-corrected chi connectivity index (χ2v) is 5.71. The van der Waals surface area contributed by atoms with Crippen LogP contribution in [-0.4, -0.2) is 24.2 Å². The Morgan fingerprint density at radius 2 is 2.33 bits per heavy atom. The molecular weight excluding hydrogens is 266 g/mol. The van der Waals surface area contributed by atoms with Crippen molar-refractivity contribution in [1.82, 2.24) is 5.32 Å². The van der Waals surface area contributed by atoms with Crippen molar-refractivity contribution in [2.45, 2.75) is 57.5 Å². The lowest BCUT2D eigenvalue weighted by atomic mass is 9.87. The Labute approximate surface area is 126 Å². The molecule has 0 bridgehead atoms. The fourth-order valence-corrected chi connectivity index (χ4v) is 3.02. The van der Waals surface area contributed by atoms with E-state index in [0.717, 1.165) is 37.9 Å². The van der Waals surface area contributed by atoms with Crippen LogP contribution in [0.15, 0.2) is 18.2 Å². The van der Waals surface area contributed by atoms with Crippen molar-refractivity contribution in [1.29, 1.82) is 0 Å². The number of aryl methyl sites for hydroxylation is 1. The lowest BCUT2D eigenvalue weighted by molar-refractivity contribution is -0.140. The van der Waals surface area contributed by atoms with Crippen LogP contribution in [0.2, 0.25) is 0 Å². The van der Waals surface area contributed by atoms with Gasteiger partial charge in [-0.05, 0) is 48.9 Å². The molecule has 4 nitrogen and oxygen atoms in total. The zero-order valence-corrected chi connectivity index (χ0v) is 12.9. The molecule has 2 rings (SSSR count). The highest BCUT2D eigenvalue weighted by molar-refractivity contribution is 5.73. The Hall–Kier alpha value is -1.55. The Balaban J connectivity index is 2.13. The van der Waals surface area contributed by atoms with Crippen molar-refractivity contribution in [2.24, 2.45) is 0 Å². The molecule has 1 unspecified atom stereocenters. The van der Waals surface area contributed by atoms with Crippen molar-refractivity contribution < 1.29 is 14.6 Å². The lowest BCUT2D eigenvalue weighted by Crippen LogP contribution is -2.40. The van der Waals surface area contributed by atoms with E-state index in [1.807, 2.05) is 6.07 Å². The quantitative estimate of drug-likeness (QED) is 0.809. The molecule has 1 aromatic carbocycles. The van der Waals surface area contributed by atoms with Crippen LogP contribution >= 0.6 is 0 Å². The van der Waals surface area contributed by atoms with E-state index in [-0.39, 0.29) is 6.04 Å². The Bertz CT molecular complexity index is 487. The molecule has 0 aromatic heterocycles. The zero-order valence-electron chi connectivity index (χ0n) is 12.9. The third-order valence-corrected chi connectivity index (χ3v) is 4.21. The van der Waals surface area contributed by atoms with Gasteiger partial charge in [-0.2, -0.15) is 0 Å². The molecule has 0 fully saturated rings. The van der Waals surface area contributed by atoms with Gasteiger partial charge >= 0.3 is 5.97 Å². The van der Waals surface area contributed by atoms with E-state index in [9.17, 15) is 9.90 Å². The number of carboxylic acid groups (broad SMARTS) is 1. The average molecular weight is 291 g/mol. The van der Waals surface area contributed by atoms with Crippen molar-refractivity contribution in [3.63, 3.8) is 0 Å². The number of benzene rings is 1. The number of nitrogens with one attached hydrogen (secondary N) is 1. The van der Waals surface area contributed by atoms with Crippen LogP contribution in [0.1, 0.15) is 56.2 Å². The number of aliphatic carboxylic acids is 1. The summed E-state index contributed by atoms with van der Waals surface area (Å²) in [6.45, 7) is 2.08. The fraction of sp³-hybridized carbons (Fsp3) is 0.588. The Morgan fingerprint density at radius 1 is 1.52 bits per heavy atom. The maximum Gasteiger partial charge on any atom is 0.320 e. The predicted molar refractivity (Wildman–Crippen MR) is 82.8 cm³/mol. The van der Waals surface area contributed by atoms with E-state index >= 15 is 0 Å². The maximum atomic E-state index is 11.4. The van der Waals surface area contributed by atoms with Gasteiger partial charge in [0, 0.05) is 6.04 Å². The first-order chi connectivity index (χ1) is 10.2. The second-order valence-electron chi connectivity index (χ2n) is 5.71. The van der Waals surface area contributed by atoms with Gasteiger partial charge in [-0.1, -0.05) is 25.8 Å². The highest BCUT2D eigenvalue weighted by atomic mass is 16.5. The van der Waals surface area contributed by atoms with E-state index in [4.69, 9.17) is 4.74 Å². The van der Waals surface area contributed by atoms with Gasteiger partial charge in [-0.3, -0.25) is 10.1 Å². The summed E-state index contributed by atoms with van der Waals surface area (Å²) in [5.41, 5.74) is 2.50. The van der Waals surface area contributed by atoms with Gasteiger partial charge in [0.1, 0.15) is 11.8 Å². The fourth-order valence-electron chi connectivity index (χ4n) is 3.02. The molecule has 0 aliphatic heterocycles. The monoisotopic (exact) mass is 291 g/mol. The van der Waals surface area contributed by atoms with E-state index in [0.29, 0.717) is 6.42 Å². The molecule has 1 aliphatic carbocycles. The van der Waals surface area contributed by atoms with E-state index in [2.05, 4.69) is 24.4 Å². The zero-order chi connectivity index (χ0) is 15.2. The predicted octanol–water partition coefficient (Wildman–Crippen LogP) is 3.31. The van der Waals surface area contributed by atoms with Crippen LogP contribution in [-0.2, 0) is 11.2 Å². The number of hydrogen-bond acceptors (Lipinski definition) is 3. The summed E-state index contributed by atoms with van der Waals surface area (Å²) < 4.78 is 5.27. The first-order valence-corrected chi connectivity index (χ1v) is 7.81. The first kappa shape index (κ1) is 15.8. The molecule has 0 saturated heterocycles. The number of rotatable bonds is 7. The largest absolute Gasteiger partial charge is 0.497 e. The normalized spacial score (nSPS) is 18.9. The minimum atomic E-state index is -0.746. The summed E-state index contributed by atoms with van der Waals surface area (Å²) in [5, 5.41) is 12.7. The summed E-state index contributed by atoms with van der Waals surface area (Å²) >= 11 is 0. The van der Waals surface area contributed by atoms with Gasteiger partial charge in [0.2, 0.25) is 0 Å². The number of unbranched alkanes of at least 4 members (excludes halogenated alkanes) is 1. The minimum Gasteiger partial charge on any atom is -0.497 e. The SMILES string of the molecule is CCCC[C@H](NC1CCCc2cc(OC)ccc21)C(=O)O. The standard InChI is InChI=1S/C17H25NO3/c1-3-4-7-16(17(19)20)18-15-8-5-6-12-11-13(21-2)9-10-14(12)15/h9-11,15-16,18H,3-8H2,1-2H3,(H,19,20)/t15?,16-/m0/s1. The van der Waals surface area contributed by atoms with Gasteiger partial charge in [-0.15, -0.1) is 0 Å². The molecule has 21 heavy (non-hydrogen) atoms. The molecule has 116 valence electrons. The van der Waals surface area contributed by atoms with Crippen molar-refractivity contribution in [3.05, 3.63) is 29.3 Å².